The number of aromatic nitrogens is 2. The molecule has 0 saturated heterocycles. The summed E-state index contributed by atoms with van der Waals surface area (Å²) in [7, 11) is 0. The van der Waals surface area contributed by atoms with Gasteiger partial charge in [0.2, 0.25) is 0 Å². The highest BCUT2D eigenvalue weighted by atomic mass is 19.1. The minimum Gasteiger partial charge on any atom is -0.377 e. The van der Waals surface area contributed by atoms with Crippen LogP contribution >= 0.6 is 0 Å². The van der Waals surface area contributed by atoms with Crippen molar-refractivity contribution in [3.05, 3.63) is 53.9 Å². The van der Waals surface area contributed by atoms with Crippen LogP contribution in [0.15, 0.2) is 42.7 Å². The number of hydrogen-bond donors (Lipinski definition) is 2. The molecule has 3 N–H and O–H groups in total. The molecule has 6 heteroatoms. The molecular formula is C20H21FN4O. The van der Waals surface area contributed by atoms with E-state index in [0.29, 0.717) is 12.1 Å². The maximum absolute atomic E-state index is 14.1. The lowest BCUT2D eigenvalue weighted by atomic mass is 10.1. The number of fused-ring (bicyclic) bond motifs is 1. The molecule has 1 aliphatic carbocycles. The Kier molecular flexibility index (Phi) is 4.11. The van der Waals surface area contributed by atoms with Gasteiger partial charge >= 0.3 is 0 Å². The lowest BCUT2D eigenvalue weighted by Crippen LogP contribution is -2.27. The number of halogens is 1. The number of hydrogen-bond acceptors (Lipinski definition) is 3. The van der Waals surface area contributed by atoms with Crippen molar-refractivity contribution in [1.82, 2.24) is 9.61 Å². The van der Waals surface area contributed by atoms with Crippen LogP contribution in [0.3, 0.4) is 0 Å². The predicted molar refractivity (Wildman–Crippen MR) is 100 cm³/mol. The van der Waals surface area contributed by atoms with Crippen molar-refractivity contribution in [2.75, 3.05) is 5.32 Å². The van der Waals surface area contributed by atoms with E-state index < -0.39 is 12.1 Å². The van der Waals surface area contributed by atoms with E-state index in [4.69, 9.17) is 5.73 Å². The molecule has 2 heterocycles. The number of carbonyl (C=O) groups is 1. The van der Waals surface area contributed by atoms with Gasteiger partial charge in [-0.3, -0.25) is 4.79 Å². The van der Waals surface area contributed by atoms with E-state index in [1.165, 1.54) is 11.8 Å². The van der Waals surface area contributed by atoms with Crippen LogP contribution in [-0.4, -0.2) is 27.7 Å². The number of amides is 1. The summed E-state index contributed by atoms with van der Waals surface area (Å²) in [5.74, 6) is -0.575. The molecule has 5 nitrogen and oxygen atoms in total. The Morgan fingerprint density at radius 3 is 2.69 bits per heavy atom. The van der Waals surface area contributed by atoms with Gasteiger partial charge in [-0.25, -0.2) is 8.91 Å². The lowest BCUT2D eigenvalue weighted by molar-refractivity contribution is 0.100. The molecule has 134 valence electrons. The second-order valence-electron chi connectivity index (χ2n) is 6.92. The van der Waals surface area contributed by atoms with Crippen LogP contribution in [-0.2, 0) is 0 Å². The number of benzene rings is 1. The highest BCUT2D eigenvalue weighted by Gasteiger charge is 2.28. The van der Waals surface area contributed by atoms with E-state index in [9.17, 15) is 9.18 Å². The van der Waals surface area contributed by atoms with Crippen molar-refractivity contribution in [2.24, 2.45) is 5.73 Å². The second-order valence-corrected chi connectivity index (χ2v) is 6.92. The van der Waals surface area contributed by atoms with Crippen molar-refractivity contribution in [3.8, 4) is 11.1 Å². The van der Waals surface area contributed by atoms with Gasteiger partial charge in [-0.05, 0) is 37.8 Å². The minimum absolute atomic E-state index is 0.283. The van der Waals surface area contributed by atoms with Crippen LogP contribution in [0.4, 0.5) is 10.1 Å². The quantitative estimate of drug-likeness (QED) is 0.752. The van der Waals surface area contributed by atoms with Gasteiger partial charge in [0.1, 0.15) is 6.17 Å². The summed E-state index contributed by atoms with van der Waals surface area (Å²) in [6.45, 7) is 2.04. The van der Waals surface area contributed by atoms with Crippen LogP contribution < -0.4 is 11.1 Å². The van der Waals surface area contributed by atoms with E-state index in [0.717, 1.165) is 29.5 Å². The van der Waals surface area contributed by atoms with Crippen LogP contribution in [0.1, 0.15) is 35.2 Å². The Bertz CT molecular complexity index is 964. The molecule has 1 saturated carbocycles. The molecule has 2 aromatic heterocycles. The van der Waals surface area contributed by atoms with Gasteiger partial charge in [-0.1, -0.05) is 29.8 Å². The van der Waals surface area contributed by atoms with Crippen LogP contribution in [0, 0.1) is 6.92 Å². The van der Waals surface area contributed by atoms with Crippen molar-refractivity contribution < 1.29 is 9.18 Å². The SMILES string of the molecule is Cc1ccc(-c2cc3c(N[C@@H]4CCC[C@@H]4F)c(C(N)=O)cnn3c2)cc1. The first-order valence-corrected chi connectivity index (χ1v) is 8.82. The van der Waals surface area contributed by atoms with Crippen molar-refractivity contribution in [3.63, 3.8) is 0 Å². The van der Waals surface area contributed by atoms with E-state index in [2.05, 4.69) is 10.4 Å². The molecule has 0 aliphatic heterocycles. The molecule has 1 fully saturated rings. The molecule has 0 bridgehead atoms. The molecule has 1 aliphatic rings. The topological polar surface area (TPSA) is 72.4 Å². The first-order valence-electron chi connectivity index (χ1n) is 8.82. The number of nitrogens with two attached hydrogens (primary N) is 1. The van der Waals surface area contributed by atoms with E-state index in [1.54, 1.807) is 4.52 Å². The summed E-state index contributed by atoms with van der Waals surface area (Å²) in [4.78, 5) is 11.9. The summed E-state index contributed by atoms with van der Waals surface area (Å²) in [6.07, 6.45) is 4.54. The molecule has 2 atom stereocenters. The van der Waals surface area contributed by atoms with E-state index in [1.807, 2.05) is 43.5 Å². The number of nitrogens with zero attached hydrogens (tertiary/aromatic N) is 2. The molecule has 0 radical (unpaired) electrons. The lowest BCUT2D eigenvalue weighted by Gasteiger charge is -2.19. The molecule has 26 heavy (non-hydrogen) atoms. The number of primary amides is 1. The number of alkyl halides is 1. The normalized spacial score (nSPS) is 19.8. The summed E-state index contributed by atoms with van der Waals surface area (Å²) >= 11 is 0. The van der Waals surface area contributed by atoms with Crippen molar-refractivity contribution in [2.45, 2.75) is 38.4 Å². The number of anilines is 1. The van der Waals surface area contributed by atoms with Gasteiger partial charge in [0.25, 0.3) is 5.91 Å². The fourth-order valence-electron chi connectivity index (χ4n) is 3.56. The Hall–Kier alpha value is -2.89. The fraction of sp³-hybridized carbons (Fsp3) is 0.300. The molecule has 3 aromatic rings. The first-order chi connectivity index (χ1) is 12.5. The average molecular weight is 352 g/mol. The van der Waals surface area contributed by atoms with Gasteiger partial charge < -0.3 is 11.1 Å². The summed E-state index contributed by atoms with van der Waals surface area (Å²) in [6, 6.07) is 9.82. The van der Waals surface area contributed by atoms with Crippen LogP contribution in [0.25, 0.3) is 16.6 Å². The maximum Gasteiger partial charge on any atom is 0.252 e. The average Bonchev–Trinajstić information content (AvgIpc) is 3.22. The highest BCUT2D eigenvalue weighted by Crippen LogP contribution is 2.32. The van der Waals surface area contributed by atoms with E-state index in [-0.39, 0.29) is 11.6 Å². The monoisotopic (exact) mass is 352 g/mol. The largest absolute Gasteiger partial charge is 0.377 e. The molecule has 1 aromatic carbocycles. The van der Waals surface area contributed by atoms with E-state index >= 15 is 0 Å². The third-order valence-corrected chi connectivity index (χ3v) is 5.05. The number of aryl methyl sites for hydroxylation is 1. The smallest absolute Gasteiger partial charge is 0.252 e. The zero-order valence-corrected chi connectivity index (χ0v) is 14.6. The first kappa shape index (κ1) is 16.6. The minimum atomic E-state index is -0.921. The summed E-state index contributed by atoms with van der Waals surface area (Å²) in [5.41, 5.74) is 10.3. The molecule has 1 amide bonds. The number of rotatable bonds is 4. The number of carbonyl (C=O) groups excluding carboxylic acids is 1. The Balaban J connectivity index is 1.82. The Morgan fingerprint density at radius 1 is 1.27 bits per heavy atom. The Morgan fingerprint density at radius 2 is 2.04 bits per heavy atom. The summed E-state index contributed by atoms with van der Waals surface area (Å²) in [5, 5.41) is 7.52. The molecular weight excluding hydrogens is 331 g/mol. The van der Waals surface area contributed by atoms with Gasteiger partial charge in [0, 0.05) is 11.8 Å². The van der Waals surface area contributed by atoms with Gasteiger partial charge in [0.15, 0.2) is 0 Å². The number of nitrogens with one attached hydrogen (secondary N) is 1. The molecule has 0 spiro atoms. The second kappa shape index (κ2) is 6.44. The standard InChI is InChI=1S/C20H21FN4O/c1-12-5-7-13(8-6-12)14-9-18-19(24-17-4-2-3-16(17)21)15(20(22)26)10-23-25(18)11-14/h5-11,16-17,24H,2-4H2,1H3,(H2,22,26)/t16-,17+/m0/s1. The summed E-state index contributed by atoms with van der Waals surface area (Å²) < 4.78 is 15.8. The van der Waals surface area contributed by atoms with Crippen LogP contribution in [0.5, 0.6) is 0 Å². The zero-order valence-electron chi connectivity index (χ0n) is 14.6. The van der Waals surface area contributed by atoms with Crippen LogP contribution in [0.2, 0.25) is 0 Å². The fourth-order valence-corrected chi connectivity index (χ4v) is 3.56. The molecule has 0 unspecified atom stereocenters. The Labute approximate surface area is 151 Å². The van der Waals surface area contributed by atoms with Gasteiger partial charge in [-0.15, -0.1) is 0 Å². The van der Waals surface area contributed by atoms with Crippen molar-refractivity contribution in [1.29, 1.82) is 0 Å². The zero-order chi connectivity index (χ0) is 18.3. The third-order valence-electron chi connectivity index (χ3n) is 5.05. The maximum atomic E-state index is 14.1. The third kappa shape index (κ3) is 2.92. The highest BCUT2D eigenvalue weighted by molar-refractivity contribution is 6.02. The van der Waals surface area contributed by atoms with Crippen molar-refractivity contribution >= 4 is 17.1 Å². The predicted octanol–water partition coefficient (Wildman–Crippen LogP) is 3.71. The van der Waals surface area contributed by atoms with Gasteiger partial charge in [0.05, 0.1) is 29.0 Å². The van der Waals surface area contributed by atoms with Gasteiger partial charge in [-0.2, -0.15) is 5.10 Å². The molecule has 4 rings (SSSR count).